The smallest absolute Gasteiger partial charge is 0.246 e. The lowest BCUT2D eigenvalue weighted by Gasteiger charge is -2.36. The number of hydrogen-bond donors (Lipinski definition) is 18. The van der Waals surface area contributed by atoms with Crippen LogP contribution in [0.1, 0.15) is 146 Å². The van der Waals surface area contributed by atoms with Gasteiger partial charge in [0.05, 0.1) is 38.2 Å². The van der Waals surface area contributed by atoms with Crippen LogP contribution in [0, 0.1) is 24.2 Å². The minimum Gasteiger partial charge on any atom is -0.394 e. The molecule has 722 valence electrons. The molecule has 6 aromatic rings. The molecule has 0 radical (unpaired) electrons. The zero-order chi connectivity index (χ0) is 97.4. The van der Waals surface area contributed by atoms with Crippen LogP contribution in [-0.2, 0) is 107 Å². The van der Waals surface area contributed by atoms with E-state index in [-0.39, 0.29) is 89.6 Å². The Hall–Kier alpha value is -13.3. The van der Waals surface area contributed by atoms with Gasteiger partial charge in [0, 0.05) is 125 Å². The van der Waals surface area contributed by atoms with Gasteiger partial charge in [-0.3, -0.25) is 86.9 Å². The lowest BCUT2D eigenvalue weighted by molar-refractivity contribution is -0.149. The third kappa shape index (κ3) is 30.6. The van der Waals surface area contributed by atoms with Gasteiger partial charge in [0.15, 0.2) is 11.7 Å². The number of carbonyl (C=O) groups is 17. The monoisotopic (exact) mass is 1860 g/mol. The average molecular weight is 1870 g/mol. The number of aromatic amines is 3. The maximum atomic E-state index is 15.7. The number of fused-ring (bicyclic) bond motifs is 3. The highest BCUT2D eigenvalue weighted by molar-refractivity contribution is 8.00. The zero-order valence-corrected chi connectivity index (χ0v) is 77.8. The second-order valence-electron chi connectivity index (χ2n) is 34.5. The first kappa shape index (κ1) is 105. The number of aliphatic hydroxyl groups is 1. The van der Waals surface area contributed by atoms with Crippen LogP contribution in [0.5, 0.6) is 0 Å². The number of unbranched alkanes of at least 4 members (excludes halogenated alkanes) is 2. The zero-order valence-electron chi connectivity index (χ0n) is 77.0. The molecule has 2 aliphatic rings. The van der Waals surface area contributed by atoms with Gasteiger partial charge >= 0.3 is 0 Å². The number of amides is 16. The molecular formula is C91H129N23O18S. The van der Waals surface area contributed by atoms with Crippen molar-refractivity contribution in [3.05, 3.63) is 126 Å². The third-order valence-electron chi connectivity index (χ3n) is 23.7. The van der Waals surface area contributed by atoms with Crippen molar-refractivity contribution < 1.29 is 86.6 Å². The molecule has 0 aliphatic carbocycles. The van der Waals surface area contributed by atoms with Gasteiger partial charge in [0.25, 0.3) is 0 Å². The number of imidazole rings is 1. The first-order chi connectivity index (χ1) is 63.3. The van der Waals surface area contributed by atoms with Crippen LogP contribution >= 0.6 is 11.8 Å². The molecule has 2 saturated heterocycles. The number of Topliss-reactive ketones (excluding diaryl/α,β-unsaturated/α-hetero) is 1. The predicted molar refractivity (Wildman–Crippen MR) is 496 cm³/mol. The van der Waals surface area contributed by atoms with E-state index in [1.165, 1.54) is 52.5 Å². The van der Waals surface area contributed by atoms with E-state index >= 15 is 24.0 Å². The molecule has 21 N–H and O–H groups in total. The number of aromatic nitrogens is 4. The quantitative estimate of drug-likeness (QED) is 0.0181. The lowest BCUT2D eigenvalue weighted by atomic mass is 9.92. The number of nitrogens with zero attached hydrogens (tertiary/aromatic N) is 6. The van der Waals surface area contributed by atoms with Crippen LogP contribution in [0.4, 0.5) is 0 Å². The number of aryl methyl sites for hydroxylation is 1. The van der Waals surface area contributed by atoms with Crippen molar-refractivity contribution in [2.45, 2.75) is 223 Å². The molecule has 5 heterocycles. The molecule has 0 saturated carbocycles. The minimum absolute atomic E-state index is 0.00111. The van der Waals surface area contributed by atoms with Crippen LogP contribution in [0.15, 0.2) is 97.7 Å². The number of likely N-dealkylation sites (N-methyl/N-ethyl adjacent to an activating group) is 4. The van der Waals surface area contributed by atoms with E-state index in [0.29, 0.717) is 69.9 Å². The van der Waals surface area contributed by atoms with Gasteiger partial charge in [-0.25, -0.2) is 4.98 Å². The van der Waals surface area contributed by atoms with Crippen molar-refractivity contribution in [1.29, 1.82) is 5.41 Å². The summed E-state index contributed by atoms with van der Waals surface area (Å²) in [6.07, 6.45) is 5.70. The number of nitrogens with two attached hydrogens (primary N) is 3. The number of H-pyrrole nitrogens is 3. The number of para-hydroxylation sites is 2. The maximum absolute atomic E-state index is 15.7. The Labute approximate surface area is 776 Å². The summed E-state index contributed by atoms with van der Waals surface area (Å²) in [4.78, 5) is 268. The largest absolute Gasteiger partial charge is 0.394 e. The third-order valence-corrected chi connectivity index (χ3v) is 24.7. The van der Waals surface area contributed by atoms with Crippen molar-refractivity contribution in [2.75, 3.05) is 72.5 Å². The summed E-state index contributed by atoms with van der Waals surface area (Å²) in [7, 11) is 5.31. The second-order valence-corrected chi connectivity index (χ2v) is 35.5. The van der Waals surface area contributed by atoms with Gasteiger partial charge in [-0.2, -0.15) is 0 Å². The fourth-order valence-corrected chi connectivity index (χ4v) is 17.0. The van der Waals surface area contributed by atoms with Crippen molar-refractivity contribution >= 4 is 140 Å². The van der Waals surface area contributed by atoms with E-state index in [9.17, 15) is 62.6 Å². The summed E-state index contributed by atoms with van der Waals surface area (Å²) >= 11 is 0.799. The number of aliphatic hydroxyl groups excluding tert-OH is 1. The summed E-state index contributed by atoms with van der Waals surface area (Å²) in [6, 6.07) is 3.24. The Morgan fingerprint density at radius 2 is 1.14 bits per heavy atom. The van der Waals surface area contributed by atoms with Gasteiger partial charge < -0.3 is 115 Å². The summed E-state index contributed by atoms with van der Waals surface area (Å²) in [5, 5.41) is 47.0. The van der Waals surface area contributed by atoms with Gasteiger partial charge in [-0.15, -0.1) is 11.8 Å². The van der Waals surface area contributed by atoms with Crippen LogP contribution < -0.4 is 70.4 Å². The van der Waals surface area contributed by atoms with Gasteiger partial charge in [0.1, 0.15) is 72.5 Å². The number of carbonyl (C=O) groups excluding carboxylic acids is 17. The molecule has 2 aliphatic heterocycles. The Bertz CT molecular complexity index is 5100. The number of guanidine groups is 1. The van der Waals surface area contributed by atoms with Gasteiger partial charge in [-0.05, 0) is 100.0 Å². The van der Waals surface area contributed by atoms with E-state index in [4.69, 9.17) is 22.6 Å². The Morgan fingerprint density at radius 3 is 1.75 bits per heavy atom. The summed E-state index contributed by atoms with van der Waals surface area (Å²) in [5.74, 6) is -17.9. The van der Waals surface area contributed by atoms with E-state index in [0.717, 1.165) is 36.9 Å². The van der Waals surface area contributed by atoms with Crippen LogP contribution in [0.25, 0.3) is 21.8 Å². The molecule has 2 fully saturated rings. The Morgan fingerprint density at radius 1 is 0.571 bits per heavy atom. The van der Waals surface area contributed by atoms with Gasteiger partial charge in [-0.1, -0.05) is 120 Å². The Balaban J connectivity index is 1.18. The molecule has 3 aromatic heterocycles. The fraction of sp³-hybridized carbons (Fsp3) is 0.527. The molecule has 3 aromatic carbocycles. The van der Waals surface area contributed by atoms with Crippen LogP contribution in [0.2, 0.25) is 0 Å². The van der Waals surface area contributed by atoms with Crippen molar-refractivity contribution in [3.63, 3.8) is 0 Å². The number of benzene rings is 3. The van der Waals surface area contributed by atoms with E-state index < -0.39 is 229 Å². The summed E-state index contributed by atoms with van der Waals surface area (Å²) < 4.78 is 0. The topological polar surface area (TPSA) is 609 Å². The number of hydrogen-bond acceptors (Lipinski definition) is 21. The number of nitrogens with one attached hydrogen (secondary N) is 14. The first-order valence-corrected chi connectivity index (χ1v) is 46.0. The molecule has 133 heavy (non-hydrogen) atoms. The van der Waals surface area contributed by atoms with Crippen LogP contribution in [0.3, 0.4) is 0 Å². The highest BCUT2D eigenvalue weighted by atomic mass is 32.2. The molecular weight excluding hydrogens is 1740 g/mol. The van der Waals surface area contributed by atoms with Crippen molar-refractivity contribution in [2.24, 2.45) is 29.0 Å². The van der Waals surface area contributed by atoms with E-state index in [1.54, 1.807) is 99.0 Å². The molecule has 0 unspecified atom stereocenters. The maximum Gasteiger partial charge on any atom is 0.246 e. The number of thioether (sulfide) groups is 1. The van der Waals surface area contributed by atoms with Crippen molar-refractivity contribution in [1.82, 2.24) is 97.6 Å². The SMILES string of the molecule is CCCC[C@H]1C(=O)N(C)[C@@H](CCCC)C(=O)N[C@@H](CCCNC(=N)N)C(=O)N[C@H](C(=O)NCC(N)=O)CSCC(=O)N[C@@H](Cc2ccc(C)cc2)C(=O)N(C)[C@@H](C)C(=O)N[C@@H](CC(N)=O)C(=O)N2CCC[C@H]2C(=O)N[C@@H](Cc2cnc[nH]2)C(=O)N[C@@H](CC(C)C)C(=O)N(C)CC(=O)C[C@@H](Cc2c[nH]c3ccccc23)C(=O)N[C@@H](CO)C(=O)N[C@@H](Cc2c[nH]c3ccccc23)C(=O)N1C. The normalized spacial score (nSPS) is 23.5. The highest BCUT2D eigenvalue weighted by Crippen LogP contribution is 2.28. The first-order valence-electron chi connectivity index (χ1n) is 44.8. The number of primary amides is 2. The number of ketones is 1. The van der Waals surface area contributed by atoms with Crippen LogP contribution in [-0.4, -0.2) is 301 Å². The second kappa shape index (κ2) is 50.9. The minimum atomic E-state index is -1.81. The van der Waals surface area contributed by atoms with E-state index in [1.807, 2.05) is 20.8 Å². The molecule has 42 heteroatoms. The summed E-state index contributed by atoms with van der Waals surface area (Å²) in [6.45, 7) is 7.95. The lowest BCUT2D eigenvalue weighted by Crippen LogP contribution is -2.61. The Kier molecular flexibility index (Phi) is 40.2. The fourth-order valence-electron chi connectivity index (χ4n) is 16.2. The molecule has 41 nitrogen and oxygen atoms in total. The van der Waals surface area contributed by atoms with Crippen molar-refractivity contribution in [3.8, 4) is 0 Å². The standard InChI is InChI=1S/C91H129N23O18S/c1-11-13-26-72-84(126)103-64(25-19-33-97-91(94)95)81(123)109-71(80(122)100-45-76(93)118)48-133-49-77(119)102-67(36-54-31-29-52(5)30-32-54)87(129)111(8)53(6)78(120)105-69(41-75(92)117)89(131)114-34-20-28-73(114)85(127)104-65(40-58-44-96-50-101-58)82(124)106-66(35-51(3)4)86(128)110(7)46-59(116)38-55(37-56-42-98-62-23-17-15-21-60(56)62)79(121)108-70(47-115)83(125)107-68(39-57-43-99-63-24-18-16-22-61(57)63)88(130)113(10)74(27-14-12-2)90(132)112(72)9/h15-18,21-24,29-32,42-44,50-51,53,55,64-74,98-99,115H,11-14,19-20,25-28,33-41,45-49H2,1-10H3,(H2,92,117)(H2,93,118)(H,96,101)(H,100,122)(H,102,119)(H,103,126)(H,104,127)(H,105,120)(H,106,124)(H,107,125)(H,108,121)(H,109,123)(H4,94,95,97)/t53-,55+,64-,65-,66-,67-,68-,69-,70-,71-,72-,73-,74-/m0/s1. The molecule has 8 rings (SSSR count). The number of rotatable bonds is 26. The average Bonchev–Trinajstić information content (AvgIpc) is 1.81. The van der Waals surface area contributed by atoms with E-state index in [2.05, 4.69) is 73.1 Å². The molecule has 13 atom stereocenters. The molecule has 0 spiro atoms. The predicted octanol–water partition coefficient (Wildman–Crippen LogP) is -0.739. The summed E-state index contributed by atoms with van der Waals surface area (Å²) in [5.41, 5.74) is 21.0. The highest BCUT2D eigenvalue weighted by Gasteiger charge is 2.44. The molecule has 0 bridgehead atoms. The molecule has 16 amide bonds. The van der Waals surface area contributed by atoms with Gasteiger partial charge in [0.2, 0.25) is 94.5 Å².